The number of hydrogen-bond donors (Lipinski definition) is 1. The molecule has 0 aliphatic carbocycles. The summed E-state index contributed by atoms with van der Waals surface area (Å²) in [6, 6.07) is 5.98. The van der Waals surface area contributed by atoms with Crippen LogP contribution in [0, 0.1) is 0 Å². The van der Waals surface area contributed by atoms with Crippen LogP contribution in [0.1, 0.15) is 17.5 Å². The summed E-state index contributed by atoms with van der Waals surface area (Å²) < 4.78 is 1.83. The van der Waals surface area contributed by atoms with Crippen molar-refractivity contribution in [3.63, 3.8) is 0 Å². The highest BCUT2D eigenvalue weighted by Gasteiger charge is 2.13. The second-order valence-corrected chi connectivity index (χ2v) is 5.77. The minimum absolute atomic E-state index is 0.340. The SMILES string of the molecule is CNC(CCc1cnn(C)c1)Cc1c(Cl)cccc1Cl. The van der Waals surface area contributed by atoms with Crippen LogP contribution in [0.5, 0.6) is 0 Å². The number of benzene rings is 1. The highest BCUT2D eigenvalue weighted by molar-refractivity contribution is 6.36. The van der Waals surface area contributed by atoms with Crippen molar-refractivity contribution >= 4 is 23.2 Å². The number of halogens is 2. The minimum Gasteiger partial charge on any atom is -0.317 e. The average molecular weight is 312 g/mol. The van der Waals surface area contributed by atoms with Crippen LogP contribution in [0.4, 0.5) is 0 Å². The molecule has 1 aromatic heterocycles. The van der Waals surface area contributed by atoms with Gasteiger partial charge in [0, 0.05) is 29.3 Å². The molecule has 0 aliphatic heterocycles. The lowest BCUT2D eigenvalue weighted by atomic mass is 10.00. The van der Waals surface area contributed by atoms with Gasteiger partial charge in [-0.25, -0.2) is 0 Å². The minimum atomic E-state index is 0.340. The zero-order chi connectivity index (χ0) is 14.5. The van der Waals surface area contributed by atoms with Crippen LogP contribution in [0.2, 0.25) is 10.0 Å². The van der Waals surface area contributed by atoms with Gasteiger partial charge in [-0.15, -0.1) is 0 Å². The molecule has 0 bridgehead atoms. The molecule has 0 spiro atoms. The van der Waals surface area contributed by atoms with Crippen LogP contribution in [-0.2, 0) is 19.9 Å². The van der Waals surface area contributed by atoms with Crippen molar-refractivity contribution < 1.29 is 0 Å². The van der Waals surface area contributed by atoms with Gasteiger partial charge >= 0.3 is 0 Å². The summed E-state index contributed by atoms with van der Waals surface area (Å²) >= 11 is 12.5. The lowest BCUT2D eigenvalue weighted by molar-refractivity contribution is 0.520. The maximum atomic E-state index is 6.23. The predicted octanol–water partition coefficient (Wildman–Crippen LogP) is 3.49. The first kappa shape index (κ1) is 15.4. The number of nitrogens with zero attached hydrogens (tertiary/aromatic N) is 2. The van der Waals surface area contributed by atoms with E-state index in [2.05, 4.69) is 16.6 Å². The van der Waals surface area contributed by atoms with Gasteiger partial charge in [-0.2, -0.15) is 5.10 Å². The fraction of sp³-hybridized carbons (Fsp3) is 0.400. The molecule has 1 N–H and O–H groups in total. The number of rotatable bonds is 6. The van der Waals surface area contributed by atoms with Crippen LogP contribution in [0.15, 0.2) is 30.6 Å². The van der Waals surface area contributed by atoms with Crippen molar-refractivity contribution in [2.75, 3.05) is 7.05 Å². The summed E-state index contributed by atoms with van der Waals surface area (Å²) in [6.07, 6.45) is 6.80. The first-order valence-electron chi connectivity index (χ1n) is 6.68. The van der Waals surface area contributed by atoms with Crippen molar-refractivity contribution in [2.24, 2.45) is 7.05 Å². The molecule has 0 fully saturated rings. The Morgan fingerprint density at radius 3 is 2.55 bits per heavy atom. The Labute approximate surface area is 129 Å². The molecule has 0 aliphatic rings. The summed E-state index contributed by atoms with van der Waals surface area (Å²) in [7, 11) is 3.90. The summed E-state index contributed by atoms with van der Waals surface area (Å²) in [5.41, 5.74) is 2.26. The van der Waals surface area contributed by atoms with E-state index in [9.17, 15) is 0 Å². The number of aromatic nitrogens is 2. The predicted molar refractivity (Wildman–Crippen MR) is 84.5 cm³/mol. The molecule has 1 atom stereocenters. The normalized spacial score (nSPS) is 12.6. The molecule has 2 aromatic rings. The quantitative estimate of drug-likeness (QED) is 0.885. The van der Waals surface area contributed by atoms with Crippen molar-refractivity contribution in [1.82, 2.24) is 15.1 Å². The molecule has 1 unspecified atom stereocenters. The van der Waals surface area contributed by atoms with Gasteiger partial charge < -0.3 is 5.32 Å². The number of likely N-dealkylation sites (N-methyl/N-ethyl adjacent to an activating group) is 1. The maximum absolute atomic E-state index is 6.23. The monoisotopic (exact) mass is 311 g/mol. The molecule has 3 nitrogen and oxygen atoms in total. The van der Waals surface area contributed by atoms with Crippen molar-refractivity contribution in [3.8, 4) is 0 Å². The van der Waals surface area contributed by atoms with Gasteiger partial charge in [0.2, 0.25) is 0 Å². The van der Waals surface area contributed by atoms with E-state index in [1.165, 1.54) is 5.56 Å². The van der Waals surface area contributed by atoms with Gasteiger partial charge in [0.15, 0.2) is 0 Å². The van der Waals surface area contributed by atoms with Crippen LogP contribution in [0.3, 0.4) is 0 Å². The van der Waals surface area contributed by atoms with Crippen LogP contribution >= 0.6 is 23.2 Å². The van der Waals surface area contributed by atoms with Crippen molar-refractivity contribution in [2.45, 2.75) is 25.3 Å². The molecule has 108 valence electrons. The van der Waals surface area contributed by atoms with E-state index in [0.717, 1.165) is 34.9 Å². The van der Waals surface area contributed by atoms with E-state index in [1.54, 1.807) is 0 Å². The molecular weight excluding hydrogens is 293 g/mol. The Bertz CT molecular complexity index is 546. The third kappa shape index (κ3) is 3.98. The molecule has 1 heterocycles. The van der Waals surface area contributed by atoms with E-state index in [-0.39, 0.29) is 0 Å². The summed E-state index contributed by atoms with van der Waals surface area (Å²) in [5, 5.41) is 8.99. The lowest BCUT2D eigenvalue weighted by Gasteiger charge is -2.17. The van der Waals surface area contributed by atoms with Crippen molar-refractivity contribution in [3.05, 3.63) is 51.8 Å². The molecule has 5 heteroatoms. The van der Waals surface area contributed by atoms with E-state index in [4.69, 9.17) is 23.2 Å². The number of hydrogen-bond acceptors (Lipinski definition) is 2. The summed E-state index contributed by atoms with van der Waals surface area (Å²) in [5.74, 6) is 0. The average Bonchev–Trinajstić information content (AvgIpc) is 2.83. The Hall–Kier alpha value is -1.03. The van der Waals surface area contributed by atoms with Gasteiger partial charge in [-0.05, 0) is 49.6 Å². The molecule has 0 saturated heterocycles. The van der Waals surface area contributed by atoms with Crippen LogP contribution in [0.25, 0.3) is 0 Å². The second-order valence-electron chi connectivity index (χ2n) is 4.95. The lowest BCUT2D eigenvalue weighted by Crippen LogP contribution is -2.28. The van der Waals surface area contributed by atoms with E-state index in [0.29, 0.717) is 6.04 Å². The Balaban J connectivity index is 1.98. The Morgan fingerprint density at radius 2 is 2.00 bits per heavy atom. The Kier molecular flexibility index (Phi) is 5.46. The summed E-state index contributed by atoms with van der Waals surface area (Å²) in [4.78, 5) is 0. The molecular formula is C15H19Cl2N3. The highest BCUT2D eigenvalue weighted by atomic mass is 35.5. The topological polar surface area (TPSA) is 29.9 Å². The standard InChI is InChI=1S/C15H19Cl2N3/c1-18-12(7-6-11-9-19-20(2)10-11)8-13-14(16)4-3-5-15(13)17/h3-5,9-10,12,18H,6-8H2,1-2H3. The van der Waals surface area contributed by atoms with Gasteiger partial charge in [0.05, 0.1) is 6.20 Å². The molecule has 2 rings (SSSR count). The number of aryl methyl sites for hydroxylation is 2. The van der Waals surface area contributed by atoms with Gasteiger partial charge in [0.25, 0.3) is 0 Å². The number of nitrogens with one attached hydrogen (secondary N) is 1. The molecule has 0 saturated carbocycles. The first-order chi connectivity index (χ1) is 9.60. The molecule has 20 heavy (non-hydrogen) atoms. The van der Waals surface area contributed by atoms with E-state index in [1.807, 2.05) is 43.2 Å². The van der Waals surface area contributed by atoms with Gasteiger partial charge in [0.1, 0.15) is 0 Å². The zero-order valence-electron chi connectivity index (χ0n) is 11.7. The first-order valence-corrected chi connectivity index (χ1v) is 7.43. The Morgan fingerprint density at radius 1 is 1.30 bits per heavy atom. The fourth-order valence-electron chi connectivity index (χ4n) is 2.26. The smallest absolute Gasteiger partial charge is 0.0521 e. The molecule has 0 amide bonds. The van der Waals surface area contributed by atoms with Crippen LogP contribution < -0.4 is 5.32 Å². The third-order valence-corrected chi connectivity index (χ3v) is 4.17. The van der Waals surface area contributed by atoms with E-state index >= 15 is 0 Å². The van der Waals surface area contributed by atoms with Crippen LogP contribution in [-0.4, -0.2) is 22.9 Å². The zero-order valence-corrected chi connectivity index (χ0v) is 13.2. The second kappa shape index (κ2) is 7.11. The molecule has 0 radical (unpaired) electrons. The van der Waals surface area contributed by atoms with Crippen molar-refractivity contribution in [1.29, 1.82) is 0 Å². The molecule has 1 aromatic carbocycles. The van der Waals surface area contributed by atoms with Gasteiger partial charge in [-0.1, -0.05) is 29.3 Å². The fourth-order valence-corrected chi connectivity index (χ4v) is 2.82. The summed E-state index contributed by atoms with van der Waals surface area (Å²) in [6.45, 7) is 0. The van der Waals surface area contributed by atoms with E-state index < -0.39 is 0 Å². The largest absolute Gasteiger partial charge is 0.317 e. The highest BCUT2D eigenvalue weighted by Crippen LogP contribution is 2.26. The maximum Gasteiger partial charge on any atom is 0.0521 e. The van der Waals surface area contributed by atoms with Gasteiger partial charge in [-0.3, -0.25) is 4.68 Å². The third-order valence-electron chi connectivity index (χ3n) is 3.46.